The number of carbonyl (C=O) groups is 3. The summed E-state index contributed by atoms with van der Waals surface area (Å²) in [5.41, 5.74) is 2.93. The van der Waals surface area contributed by atoms with Gasteiger partial charge in [0.05, 0.1) is 12.1 Å². The highest BCUT2D eigenvalue weighted by atomic mass is 16.2. The molecule has 3 N–H and O–H groups in total. The highest BCUT2D eigenvalue weighted by Gasteiger charge is 2.31. The van der Waals surface area contributed by atoms with Gasteiger partial charge in [-0.1, -0.05) is 48.5 Å². The number of hydrogen-bond acceptors (Lipinski definition) is 4. The summed E-state index contributed by atoms with van der Waals surface area (Å²) in [7, 11) is 3.67. The smallest absolute Gasteiger partial charge is 0.252 e. The molecule has 188 valence electrons. The number of amides is 3. The fraction of sp³-hybridized carbons (Fsp3) is 0.345. The van der Waals surface area contributed by atoms with E-state index in [2.05, 4.69) is 34.1 Å². The van der Waals surface area contributed by atoms with Crippen LogP contribution < -0.4 is 16.0 Å². The van der Waals surface area contributed by atoms with Gasteiger partial charge in [0.15, 0.2) is 0 Å². The molecule has 3 amide bonds. The summed E-state index contributed by atoms with van der Waals surface area (Å²) in [4.78, 5) is 40.2. The SMILES string of the molecule is Cc1ccc(NC(=O)[C@H](C[C@@H]2CCNC2=O)N(C)C)cc1C(=O)N[C@H](C)c1cccc2ccccc12. The average Bonchev–Trinajstić information content (AvgIpc) is 3.27. The van der Waals surface area contributed by atoms with Gasteiger partial charge in [-0.2, -0.15) is 0 Å². The Morgan fingerprint density at radius 3 is 2.56 bits per heavy atom. The first-order chi connectivity index (χ1) is 17.2. The molecule has 1 fully saturated rings. The van der Waals surface area contributed by atoms with E-state index in [0.717, 1.165) is 28.3 Å². The minimum absolute atomic E-state index is 0.00394. The van der Waals surface area contributed by atoms with Crippen molar-refractivity contribution in [3.05, 3.63) is 77.4 Å². The van der Waals surface area contributed by atoms with E-state index < -0.39 is 6.04 Å². The molecule has 7 heteroatoms. The predicted octanol–water partition coefficient (Wildman–Crippen LogP) is 4.03. The molecule has 0 aromatic heterocycles. The Labute approximate surface area is 212 Å². The monoisotopic (exact) mass is 486 g/mol. The van der Waals surface area contributed by atoms with E-state index in [1.165, 1.54) is 0 Å². The summed E-state index contributed by atoms with van der Waals surface area (Å²) in [6, 6.07) is 18.9. The van der Waals surface area contributed by atoms with Gasteiger partial charge in [-0.05, 0) is 74.8 Å². The third-order valence-electron chi connectivity index (χ3n) is 6.98. The first-order valence-electron chi connectivity index (χ1n) is 12.4. The fourth-order valence-electron chi connectivity index (χ4n) is 4.84. The van der Waals surface area contributed by atoms with Gasteiger partial charge in [-0.25, -0.2) is 0 Å². The van der Waals surface area contributed by atoms with Crippen LogP contribution in [0.15, 0.2) is 60.7 Å². The van der Waals surface area contributed by atoms with Crippen molar-refractivity contribution >= 4 is 34.2 Å². The molecule has 1 heterocycles. The minimum atomic E-state index is -0.455. The molecule has 0 unspecified atom stereocenters. The third-order valence-corrected chi connectivity index (χ3v) is 6.98. The zero-order valence-corrected chi connectivity index (χ0v) is 21.3. The normalized spacial score (nSPS) is 17.0. The van der Waals surface area contributed by atoms with Crippen LogP contribution in [-0.2, 0) is 9.59 Å². The second-order valence-electron chi connectivity index (χ2n) is 9.77. The summed E-state index contributed by atoms with van der Waals surface area (Å²) in [6.07, 6.45) is 1.19. The van der Waals surface area contributed by atoms with Gasteiger partial charge in [0, 0.05) is 23.7 Å². The number of nitrogens with zero attached hydrogens (tertiary/aromatic N) is 1. The van der Waals surface area contributed by atoms with Gasteiger partial charge in [0.1, 0.15) is 0 Å². The standard InChI is InChI=1S/C29H34N4O3/c1-18-12-13-22(32-29(36)26(33(3)4)16-21-14-15-30-27(21)34)17-25(18)28(35)31-19(2)23-11-7-9-20-8-5-6-10-24(20)23/h5-13,17,19,21,26H,14-16H2,1-4H3,(H,30,34)(H,31,35)(H,32,36)/t19-,21+,26+/m1/s1. The first kappa shape index (κ1) is 25.4. The van der Waals surface area contributed by atoms with Crippen molar-refractivity contribution in [1.82, 2.24) is 15.5 Å². The maximum Gasteiger partial charge on any atom is 0.252 e. The molecule has 1 aliphatic heterocycles. The van der Waals surface area contributed by atoms with Gasteiger partial charge < -0.3 is 16.0 Å². The maximum absolute atomic E-state index is 13.3. The predicted molar refractivity (Wildman–Crippen MR) is 143 cm³/mol. The minimum Gasteiger partial charge on any atom is -0.356 e. The number of fused-ring (bicyclic) bond motifs is 1. The lowest BCUT2D eigenvalue weighted by atomic mass is 9.97. The Morgan fingerprint density at radius 1 is 1.08 bits per heavy atom. The molecule has 0 bridgehead atoms. The summed E-state index contributed by atoms with van der Waals surface area (Å²) >= 11 is 0. The third kappa shape index (κ3) is 5.57. The number of rotatable bonds is 8. The van der Waals surface area contributed by atoms with E-state index in [1.807, 2.05) is 63.2 Å². The van der Waals surface area contributed by atoms with Crippen molar-refractivity contribution in [3.8, 4) is 0 Å². The van der Waals surface area contributed by atoms with E-state index in [0.29, 0.717) is 24.2 Å². The molecule has 36 heavy (non-hydrogen) atoms. The highest BCUT2D eigenvalue weighted by molar-refractivity contribution is 6.00. The second kappa shape index (κ2) is 10.9. The molecule has 3 atom stereocenters. The van der Waals surface area contributed by atoms with Crippen molar-refractivity contribution in [2.24, 2.45) is 5.92 Å². The second-order valence-corrected chi connectivity index (χ2v) is 9.77. The summed E-state index contributed by atoms with van der Waals surface area (Å²) in [5.74, 6) is -0.558. The molecule has 0 radical (unpaired) electrons. The number of hydrogen-bond donors (Lipinski definition) is 3. The molecule has 4 rings (SSSR count). The Hall–Kier alpha value is -3.71. The topological polar surface area (TPSA) is 90.5 Å². The molecule has 0 saturated carbocycles. The number of aryl methyl sites for hydroxylation is 1. The van der Waals surface area contributed by atoms with E-state index >= 15 is 0 Å². The number of anilines is 1. The quantitative estimate of drug-likeness (QED) is 0.448. The lowest BCUT2D eigenvalue weighted by Gasteiger charge is -2.25. The molecular weight excluding hydrogens is 452 g/mol. The van der Waals surface area contributed by atoms with Crippen LogP contribution in [0.2, 0.25) is 0 Å². The number of nitrogens with one attached hydrogen (secondary N) is 3. The van der Waals surface area contributed by atoms with Crippen molar-refractivity contribution in [2.45, 2.75) is 38.8 Å². The summed E-state index contributed by atoms with van der Waals surface area (Å²) in [6.45, 7) is 4.50. The molecule has 3 aromatic rings. The number of benzene rings is 3. The van der Waals surface area contributed by atoms with Crippen LogP contribution in [0.25, 0.3) is 10.8 Å². The number of carbonyl (C=O) groups excluding carboxylic acids is 3. The van der Waals surface area contributed by atoms with Crippen molar-refractivity contribution < 1.29 is 14.4 Å². The van der Waals surface area contributed by atoms with Crippen LogP contribution in [0.3, 0.4) is 0 Å². The largest absolute Gasteiger partial charge is 0.356 e. The van der Waals surface area contributed by atoms with Crippen molar-refractivity contribution in [1.29, 1.82) is 0 Å². The highest BCUT2D eigenvalue weighted by Crippen LogP contribution is 2.25. The average molecular weight is 487 g/mol. The fourth-order valence-corrected chi connectivity index (χ4v) is 4.84. The van der Waals surface area contributed by atoms with Crippen LogP contribution in [-0.4, -0.2) is 49.3 Å². The Kier molecular flexibility index (Phi) is 7.70. The van der Waals surface area contributed by atoms with Crippen molar-refractivity contribution in [3.63, 3.8) is 0 Å². The Balaban J connectivity index is 1.48. The molecule has 7 nitrogen and oxygen atoms in total. The molecule has 3 aromatic carbocycles. The zero-order chi connectivity index (χ0) is 25.8. The van der Waals surface area contributed by atoms with E-state index in [1.54, 1.807) is 12.1 Å². The van der Waals surface area contributed by atoms with Crippen LogP contribution >= 0.6 is 0 Å². The zero-order valence-electron chi connectivity index (χ0n) is 21.3. The lowest BCUT2D eigenvalue weighted by molar-refractivity contribution is -0.124. The number of likely N-dealkylation sites (N-methyl/N-ethyl adjacent to an activating group) is 1. The maximum atomic E-state index is 13.3. The summed E-state index contributed by atoms with van der Waals surface area (Å²) < 4.78 is 0. The summed E-state index contributed by atoms with van der Waals surface area (Å²) in [5, 5.41) is 11.1. The Morgan fingerprint density at radius 2 is 1.83 bits per heavy atom. The van der Waals surface area contributed by atoms with Gasteiger partial charge in [0.25, 0.3) is 5.91 Å². The van der Waals surface area contributed by atoms with Gasteiger partial charge in [0.2, 0.25) is 11.8 Å². The molecular formula is C29H34N4O3. The van der Waals surface area contributed by atoms with Gasteiger partial charge in [-0.15, -0.1) is 0 Å². The van der Waals surface area contributed by atoms with E-state index in [-0.39, 0.29) is 29.7 Å². The van der Waals surface area contributed by atoms with E-state index in [4.69, 9.17) is 0 Å². The van der Waals surface area contributed by atoms with Crippen LogP contribution in [0.4, 0.5) is 5.69 Å². The molecule has 0 spiro atoms. The lowest BCUT2D eigenvalue weighted by Crippen LogP contribution is -2.42. The van der Waals surface area contributed by atoms with Gasteiger partial charge in [-0.3, -0.25) is 19.3 Å². The van der Waals surface area contributed by atoms with Gasteiger partial charge >= 0.3 is 0 Å². The Bertz CT molecular complexity index is 1280. The first-order valence-corrected chi connectivity index (χ1v) is 12.4. The van der Waals surface area contributed by atoms with E-state index in [9.17, 15) is 14.4 Å². The molecule has 1 aliphatic rings. The molecule has 0 aliphatic carbocycles. The van der Waals surface area contributed by atoms with Crippen LogP contribution in [0.5, 0.6) is 0 Å². The van der Waals surface area contributed by atoms with Crippen LogP contribution in [0, 0.1) is 12.8 Å². The molecule has 1 saturated heterocycles. The van der Waals surface area contributed by atoms with Crippen molar-refractivity contribution in [2.75, 3.05) is 26.0 Å². The van der Waals surface area contributed by atoms with Crippen LogP contribution in [0.1, 0.15) is 47.3 Å².